The fourth-order valence-corrected chi connectivity index (χ4v) is 3.07. The smallest absolute Gasteiger partial charge is 0.224 e. The summed E-state index contributed by atoms with van der Waals surface area (Å²) in [6, 6.07) is 3.16. The van der Waals surface area contributed by atoms with E-state index in [2.05, 4.69) is 24.8 Å². The number of nitriles is 1. The van der Waals surface area contributed by atoms with Crippen molar-refractivity contribution in [2.45, 2.75) is 51.6 Å². The van der Waals surface area contributed by atoms with Crippen LogP contribution in [0.25, 0.3) is 0 Å². The zero-order valence-corrected chi connectivity index (χ0v) is 11.4. The van der Waals surface area contributed by atoms with Gasteiger partial charge in [0, 0.05) is 31.6 Å². The van der Waals surface area contributed by atoms with E-state index in [9.17, 15) is 4.79 Å². The molecule has 2 saturated heterocycles. The van der Waals surface area contributed by atoms with Gasteiger partial charge in [-0.05, 0) is 32.7 Å². The Kier molecular flexibility index (Phi) is 4.23. The Morgan fingerprint density at radius 3 is 2.89 bits per heavy atom. The summed E-state index contributed by atoms with van der Waals surface area (Å²) in [7, 11) is 0. The zero-order valence-electron chi connectivity index (χ0n) is 11.4. The third kappa shape index (κ3) is 2.67. The van der Waals surface area contributed by atoms with Crippen LogP contribution in [-0.4, -0.2) is 47.4 Å². The lowest BCUT2D eigenvalue weighted by molar-refractivity contribution is -0.130. The van der Waals surface area contributed by atoms with Gasteiger partial charge >= 0.3 is 0 Å². The molecule has 0 spiro atoms. The van der Waals surface area contributed by atoms with Gasteiger partial charge in [0.05, 0.1) is 12.0 Å². The standard InChI is InChI=1S/C14H23N3O/c1-3-11(2)16-6-4-5-13(10-16)17-9-12(8-15)7-14(17)18/h11-13H,3-7,9-10H2,1-2H3. The number of carbonyl (C=O) groups is 1. The Balaban J connectivity index is 1.97. The summed E-state index contributed by atoms with van der Waals surface area (Å²) in [4.78, 5) is 16.4. The highest BCUT2D eigenvalue weighted by Crippen LogP contribution is 2.25. The summed E-state index contributed by atoms with van der Waals surface area (Å²) in [6.07, 6.45) is 3.84. The maximum absolute atomic E-state index is 11.9. The molecule has 2 aliphatic rings. The Hall–Kier alpha value is -1.08. The normalized spacial score (nSPS) is 31.4. The van der Waals surface area contributed by atoms with Gasteiger partial charge in [0.1, 0.15) is 0 Å². The monoisotopic (exact) mass is 249 g/mol. The van der Waals surface area contributed by atoms with Gasteiger partial charge in [-0.15, -0.1) is 0 Å². The molecule has 0 aliphatic carbocycles. The molecule has 0 bridgehead atoms. The van der Waals surface area contributed by atoms with E-state index in [1.54, 1.807) is 0 Å². The summed E-state index contributed by atoms with van der Waals surface area (Å²) in [5.41, 5.74) is 0. The Morgan fingerprint density at radius 1 is 1.50 bits per heavy atom. The zero-order chi connectivity index (χ0) is 13.1. The van der Waals surface area contributed by atoms with Crippen molar-refractivity contribution in [3.63, 3.8) is 0 Å². The first kappa shape index (κ1) is 13.4. The number of rotatable bonds is 3. The highest BCUT2D eigenvalue weighted by Gasteiger charge is 2.36. The summed E-state index contributed by atoms with van der Waals surface area (Å²) >= 11 is 0. The van der Waals surface area contributed by atoms with E-state index >= 15 is 0 Å². The van der Waals surface area contributed by atoms with E-state index in [-0.39, 0.29) is 11.8 Å². The SMILES string of the molecule is CCC(C)N1CCCC(N2CC(C#N)CC2=O)C1. The van der Waals surface area contributed by atoms with Gasteiger partial charge in [0.2, 0.25) is 5.91 Å². The first-order valence-corrected chi connectivity index (χ1v) is 7.08. The van der Waals surface area contributed by atoms with Crippen LogP contribution in [0.5, 0.6) is 0 Å². The van der Waals surface area contributed by atoms with Crippen molar-refractivity contribution in [2.24, 2.45) is 5.92 Å². The topological polar surface area (TPSA) is 47.3 Å². The van der Waals surface area contributed by atoms with E-state index in [1.165, 1.54) is 0 Å². The van der Waals surface area contributed by atoms with Gasteiger partial charge in [0.25, 0.3) is 0 Å². The lowest BCUT2D eigenvalue weighted by atomic mass is 10.0. The largest absolute Gasteiger partial charge is 0.337 e. The highest BCUT2D eigenvalue weighted by atomic mass is 16.2. The van der Waals surface area contributed by atoms with E-state index < -0.39 is 0 Å². The van der Waals surface area contributed by atoms with Crippen molar-refractivity contribution >= 4 is 5.91 Å². The van der Waals surface area contributed by atoms with Gasteiger partial charge in [0.15, 0.2) is 0 Å². The molecule has 2 aliphatic heterocycles. The van der Waals surface area contributed by atoms with Crippen LogP contribution in [0.15, 0.2) is 0 Å². The van der Waals surface area contributed by atoms with Crippen molar-refractivity contribution in [1.29, 1.82) is 5.26 Å². The van der Waals surface area contributed by atoms with Crippen LogP contribution >= 0.6 is 0 Å². The molecule has 0 saturated carbocycles. The van der Waals surface area contributed by atoms with Gasteiger partial charge in [-0.3, -0.25) is 9.69 Å². The minimum Gasteiger partial charge on any atom is -0.337 e. The van der Waals surface area contributed by atoms with Crippen LogP contribution in [-0.2, 0) is 4.79 Å². The number of carbonyl (C=O) groups excluding carboxylic acids is 1. The summed E-state index contributed by atoms with van der Waals surface area (Å²) in [5, 5.41) is 8.94. The van der Waals surface area contributed by atoms with Crippen molar-refractivity contribution in [3.05, 3.63) is 0 Å². The van der Waals surface area contributed by atoms with Crippen LogP contribution in [0.1, 0.15) is 39.5 Å². The number of hydrogen-bond acceptors (Lipinski definition) is 3. The fraction of sp³-hybridized carbons (Fsp3) is 0.857. The summed E-state index contributed by atoms with van der Waals surface area (Å²) in [5.74, 6) is 0.0917. The quantitative estimate of drug-likeness (QED) is 0.763. The van der Waals surface area contributed by atoms with E-state index in [1.807, 2.05) is 4.90 Å². The van der Waals surface area contributed by atoms with Crippen LogP contribution < -0.4 is 0 Å². The predicted octanol–water partition coefficient (Wildman–Crippen LogP) is 1.62. The number of amides is 1. The summed E-state index contributed by atoms with van der Waals surface area (Å²) in [6.45, 7) is 7.25. The maximum Gasteiger partial charge on any atom is 0.224 e. The molecule has 0 radical (unpaired) electrons. The number of hydrogen-bond donors (Lipinski definition) is 0. The van der Waals surface area contributed by atoms with E-state index in [4.69, 9.17) is 5.26 Å². The van der Waals surface area contributed by atoms with Crippen LogP contribution in [0.2, 0.25) is 0 Å². The third-order valence-electron chi connectivity index (χ3n) is 4.42. The molecule has 0 aromatic heterocycles. The Morgan fingerprint density at radius 2 is 2.28 bits per heavy atom. The second kappa shape index (κ2) is 5.71. The molecule has 100 valence electrons. The molecule has 2 heterocycles. The van der Waals surface area contributed by atoms with E-state index in [0.717, 1.165) is 32.4 Å². The van der Waals surface area contributed by atoms with E-state index in [0.29, 0.717) is 25.0 Å². The molecule has 2 fully saturated rings. The van der Waals surface area contributed by atoms with Crippen LogP contribution in [0.4, 0.5) is 0 Å². The lowest BCUT2D eigenvalue weighted by Crippen LogP contribution is -2.50. The first-order chi connectivity index (χ1) is 8.65. The fourth-order valence-electron chi connectivity index (χ4n) is 3.07. The maximum atomic E-state index is 11.9. The highest BCUT2D eigenvalue weighted by molar-refractivity contribution is 5.79. The van der Waals surface area contributed by atoms with Crippen molar-refractivity contribution in [1.82, 2.24) is 9.80 Å². The van der Waals surface area contributed by atoms with Gasteiger partial charge in [-0.25, -0.2) is 0 Å². The molecule has 2 rings (SSSR count). The predicted molar refractivity (Wildman–Crippen MR) is 69.8 cm³/mol. The van der Waals surface area contributed by atoms with Gasteiger partial charge in [-0.2, -0.15) is 5.26 Å². The van der Waals surface area contributed by atoms with Crippen LogP contribution in [0, 0.1) is 17.2 Å². The average Bonchev–Trinajstić information content (AvgIpc) is 2.79. The molecule has 4 nitrogen and oxygen atoms in total. The molecule has 4 heteroatoms. The Bertz CT molecular complexity index is 349. The molecule has 3 atom stereocenters. The minimum absolute atomic E-state index is 0.0866. The lowest BCUT2D eigenvalue weighted by Gasteiger charge is -2.40. The molecular weight excluding hydrogens is 226 g/mol. The van der Waals surface area contributed by atoms with Gasteiger partial charge in [-0.1, -0.05) is 6.92 Å². The molecule has 18 heavy (non-hydrogen) atoms. The van der Waals surface area contributed by atoms with Gasteiger partial charge < -0.3 is 4.90 Å². The molecule has 0 N–H and O–H groups in total. The van der Waals surface area contributed by atoms with Crippen LogP contribution in [0.3, 0.4) is 0 Å². The molecular formula is C14H23N3O. The second-order valence-electron chi connectivity index (χ2n) is 5.62. The molecule has 0 aromatic rings. The van der Waals surface area contributed by atoms with Crippen molar-refractivity contribution in [2.75, 3.05) is 19.6 Å². The molecule has 1 amide bonds. The second-order valence-corrected chi connectivity index (χ2v) is 5.62. The van der Waals surface area contributed by atoms with Crippen molar-refractivity contribution in [3.8, 4) is 6.07 Å². The third-order valence-corrected chi connectivity index (χ3v) is 4.42. The number of likely N-dealkylation sites (tertiary alicyclic amines) is 2. The molecule has 0 aromatic carbocycles. The molecule has 3 unspecified atom stereocenters. The summed E-state index contributed by atoms with van der Waals surface area (Å²) < 4.78 is 0. The first-order valence-electron chi connectivity index (χ1n) is 7.08. The number of nitrogens with zero attached hydrogens (tertiary/aromatic N) is 3. The van der Waals surface area contributed by atoms with Crippen molar-refractivity contribution < 1.29 is 4.79 Å². The average molecular weight is 249 g/mol. The Labute approximate surface area is 110 Å². The number of piperidine rings is 1. The minimum atomic E-state index is -0.0866.